The first-order valence-electron chi connectivity index (χ1n) is 7.65. The number of hydrogen-bond acceptors (Lipinski definition) is 5. The summed E-state index contributed by atoms with van der Waals surface area (Å²) in [5.74, 6) is 1.05. The van der Waals surface area contributed by atoms with Gasteiger partial charge >= 0.3 is 0 Å². The Balaban J connectivity index is 1.98. The van der Waals surface area contributed by atoms with Crippen molar-refractivity contribution in [3.63, 3.8) is 0 Å². The fourth-order valence-electron chi connectivity index (χ4n) is 2.91. The summed E-state index contributed by atoms with van der Waals surface area (Å²) in [6, 6.07) is 0.534. The molecule has 2 heterocycles. The van der Waals surface area contributed by atoms with Gasteiger partial charge < -0.3 is 10.6 Å². The van der Waals surface area contributed by atoms with Gasteiger partial charge in [0.1, 0.15) is 5.82 Å². The lowest BCUT2D eigenvalue weighted by molar-refractivity contribution is 0.179. The maximum absolute atomic E-state index is 5.90. The molecule has 112 valence electrons. The van der Waals surface area contributed by atoms with Crippen molar-refractivity contribution in [2.45, 2.75) is 39.7 Å². The number of aryl methyl sites for hydroxylation is 2. The fraction of sp³-hybridized carbons (Fsp3) is 0.733. The highest BCUT2D eigenvalue weighted by Crippen LogP contribution is 2.18. The Morgan fingerprint density at radius 1 is 1.25 bits per heavy atom. The van der Waals surface area contributed by atoms with E-state index in [4.69, 9.17) is 5.73 Å². The molecule has 0 aliphatic carbocycles. The van der Waals surface area contributed by atoms with Crippen molar-refractivity contribution in [3.8, 4) is 0 Å². The number of hydrogen-bond donors (Lipinski definition) is 1. The molecular weight excluding hydrogens is 250 g/mol. The highest BCUT2D eigenvalue weighted by Gasteiger charge is 2.24. The van der Waals surface area contributed by atoms with Gasteiger partial charge in [-0.1, -0.05) is 13.3 Å². The molecule has 2 rings (SSSR count). The molecule has 1 aliphatic rings. The lowest BCUT2D eigenvalue weighted by atomic mass is 10.1. The van der Waals surface area contributed by atoms with Crippen molar-refractivity contribution < 1.29 is 0 Å². The minimum absolute atomic E-state index is 0.534. The van der Waals surface area contributed by atoms with E-state index in [1.807, 2.05) is 20.0 Å². The van der Waals surface area contributed by atoms with Crippen molar-refractivity contribution in [1.82, 2.24) is 14.9 Å². The van der Waals surface area contributed by atoms with Crippen LogP contribution in [0.4, 0.5) is 5.82 Å². The molecule has 20 heavy (non-hydrogen) atoms. The maximum atomic E-state index is 5.90. The molecule has 1 aromatic rings. The minimum Gasteiger partial charge on any atom is -0.353 e. The second-order valence-electron chi connectivity index (χ2n) is 5.62. The second-order valence-corrected chi connectivity index (χ2v) is 5.62. The third kappa shape index (κ3) is 3.46. The molecule has 0 aromatic carbocycles. The molecule has 1 unspecified atom stereocenters. The maximum Gasteiger partial charge on any atom is 0.150 e. The summed E-state index contributed by atoms with van der Waals surface area (Å²) in [5.41, 5.74) is 7.91. The standard InChI is InChI=1S/C15H27N5/c1-4-5-14(10-16)19-6-8-20(9-7-19)15-13(3)17-11-12(2)18-15/h11,14H,4-10,16H2,1-3H3. The topological polar surface area (TPSA) is 58.3 Å². The van der Waals surface area contributed by atoms with E-state index in [0.29, 0.717) is 6.04 Å². The van der Waals surface area contributed by atoms with Gasteiger partial charge in [-0.25, -0.2) is 4.98 Å². The molecule has 0 radical (unpaired) electrons. The van der Waals surface area contributed by atoms with Crippen LogP contribution in [0.25, 0.3) is 0 Å². The lowest BCUT2D eigenvalue weighted by Crippen LogP contribution is -2.52. The smallest absolute Gasteiger partial charge is 0.150 e. The van der Waals surface area contributed by atoms with E-state index in [9.17, 15) is 0 Å². The van der Waals surface area contributed by atoms with Crippen molar-refractivity contribution in [1.29, 1.82) is 0 Å². The molecule has 1 fully saturated rings. The fourth-order valence-corrected chi connectivity index (χ4v) is 2.91. The molecule has 1 aliphatic heterocycles. The third-order valence-corrected chi connectivity index (χ3v) is 4.08. The van der Waals surface area contributed by atoms with Crippen molar-refractivity contribution in [2.75, 3.05) is 37.6 Å². The number of aromatic nitrogens is 2. The van der Waals surface area contributed by atoms with Gasteiger partial charge in [0.15, 0.2) is 0 Å². The quantitative estimate of drug-likeness (QED) is 0.880. The van der Waals surface area contributed by atoms with Crippen LogP contribution < -0.4 is 10.6 Å². The van der Waals surface area contributed by atoms with Gasteiger partial charge in [-0.05, 0) is 20.3 Å². The van der Waals surface area contributed by atoms with Crippen LogP contribution in [-0.2, 0) is 0 Å². The van der Waals surface area contributed by atoms with E-state index in [0.717, 1.165) is 49.9 Å². The van der Waals surface area contributed by atoms with E-state index < -0.39 is 0 Å². The van der Waals surface area contributed by atoms with Crippen LogP contribution in [0.2, 0.25) is 0 Å². The number of anilines is 1. The van der Waals surface area contributed by atoms with E-state index in [1.165, 1.54) is 12.8 Å². The van der Waals surface area contributed by atoms with E-state index in [-0.39, 0.29) is 0 Å². The Kier molecular flexibility index (Phi) is 5.31. The Morgan fingerprint density at radius 3 is 2.55 bits per heavy atom. The summed E-state index contributed by atoms with van der Waals surface area (Å²) in [4.78, 5) is 13.9. The molecule has 0 saturated carbocycles. The molecule has 1 atom stereocenters. The van der Waals surface area contributed by atoms with Gasteiger partial charge in [0.05, 0.1) is 11.4 Å². The second kappa shape index (κ2) is 6.99. The summed E-state index contributed by atoms with van der Waals surface area (Å²) < 4.78 is 0. The zero-order chi connectivity index (χ0) is 14.5. The minimum atomic E-state index is 0.534. The van der Waals surface area contributed by atoms with Gasteiger partial charge in [-0.15, -0.1) is 0 Å². The van der Waals surface area contributed by atoms with E-state index >= 15 is 0 Å². The molecule has 2 N–H and O–H groups in total. The number of piperazine rings is 1. The average Bonchev–Trinajstić information content (AvgIpc) is 2.47. The Bertz CT molecular complexity index is 426. The number of nitrogens with two attached hydrogens (primary N) is 1. The summed E-state index contributed by atoms with van der Waals surface area (Å²) >= 11 is 0. The molecule has 0 bridgehead atoms. The van der Waals surface area contributed by atoms with E-state index in [2.05, 4.69) is 26.7 Å². The predicted molar refractivity (Wildman–Crippen MR) is 83.0 cm³/mol. The Labute approximate surface area is 122 Å². The van der Waals surface area contributed by atoms with Crippen LogP contribution in [0.15, 0.2) is 6.20 Å². The monoisotopic (exact) mass is 277 g/mol. The van der Waals surface area contributed by atoms with Crippen LogP contribution >= 0.6 is 0 Å². The lowest BCUT2D eigenvalue weighted by Gasteiger charge is -2.39. The molecule has 5 heteroatoms. The Hall–Kier alpha value is -1.20. The first-order valence-corrected chi connectivity index (χ1v) is 7.65. The van der Waals surface area contributed by atoms with Gasteiger partial charge in [-0.2, -0.15) is 0 Å². The van der Waals surface area contributed by atoms with Gasteiger partial charge in [0.2, 0.25) is 0 Å². The first-order chi connectivity index (χ1) is 9.65. The number of nitrogens with zero attached hydrogens (tertiary/aromatic N) is 4. The first kappa shape index (κ1) is 15.2. The molecule has 1 saturated heterocycles. The van der Waals surface area contributed by atoms with Gasteiger partial charge in [-0.3, -0.25) is 9.88 Å². The normalized spacial score (nSPS) is 18.3. The largest absolute Gasteiger partial charge is 0.353 e. The Morgan fingerprint density at radius 2 is 1.95 bits per heavy atom. The SMILES string of the molecule is CCCC(CN)N1CCN(c2nc(C)cnc2C)CC1. The van der Waals surface area contributed by atoms with Crippen LogP contribution in [0.5, 0.6) is 0 Å². The summed E-state index contributed by atoms with van der Waals surface area (Å²) in [7, 11) is 0. The summed E-state index contributed by atoms with van der Waals surface area (Å²) in [6.45, 7) is 11.2. The molecule has 5 nitrogen and oxygen atoms in total. The average molecular weight is 277 g/mol. The van der Waals surface area contributed by atoms with Crippen LogP contribution in [0, 0.1) is 13.8 Å². The third-order valence-electron chi connectivity index (χ3n) is 4.08. The molecule has 0 amide bonds. The van der Waals surface area contributed by atoms with Crippen molar-refractivity contribution >= 4 is 5.82 Å². The zero-order valence-electron chi connectivity index (χ0n) is 13.0. The number of rotatable bonds is 5. The summed E-state index contributed by atoms with van der Waals surface area (Å²) in [6.07, 6.45) is 4.23. The van der Waals surface area contributed by atoms with Crippen LogP contribution in [-0.4, -0.2) is 53.6 Å². The van der Waals surface area contributed by atoms with Crippen LogP contribution in [0.3, 0.4) is 0 Å². The van der Waals surface area contributed by atoms with Crippen LogP contribution in [0.1, 0.15) is 31.2 Å². The van der Waals surface area contributed by atoms with E-state index in [1.54, 1.807) is 0 Å². The highest BCUT2D eigenvalue weighted by molar-refractivity contribution is 5.43. The predicted octanol–water partition coefficient (Wildman–Crippen LogP) is 1.34. The van der Waals surface area contributed by atoms with Crippen molar-refractivity contribution in [2.24, 2.45) is 5.73 Å². The van der Waals surface area contributed by atoms with Crippen molar-refractivity contribution in [3.05, 3.63) is 17.6 Å². The molecule has 0 spiro atoms. The van der Waals surface area contributed by atoms with Gasteiger partial charge in [0, 0.05) is 45.0 Å². The summed E-state index contributed by atoms with van der Waals surface area (Å²) in [5, 5.41) is 0. The molecule has 1 aromatic heterocycles. The molecular formula is C15H27N5. The highest BCUT2D eigenvalue weighted by atomic mass is 15.3. The zero-order valence-corrected chi connectivity index (χ0v) is 13.0. The van der Waals surface area contributed by atoms with Gasteiger partial charge in [0.25, 0.3) is 0 Å².